The van der Waals surface area contributed by atoms with Gasteiger partial charge in [-0.15, -0.1) is 0 Å². The van der Waals surface area contributed by atoms with Gasteiger partial charge >= 0.3 is 51.4 Å². The van der Waals surface area contributed by atoms with E-state index in [1.165, 1.54) is 0 Å². The number of rotatable bonds is 2. The van der Waals surface area contributed by atoms with Crippen molar-refractivity contribution in [3.8, 4) is 0 Å². The van der Waals surface area contributed by atoms with Crippen molar-refractivity contribution < 1.29 is 60.2 Å². The maximum Gasteiger partial charge on any atom is 1.00 e. The van der Waals surface area contributed by atoms with Crippen molar-refractivity contribution in [1.82, 2.24) is 0 Å². The van der Waals surface area contributed by atoms with Gasteiger partial charge in [-0.3, -0.25) is 8.78 Å². The van der Waals surface area contributed by atoms with Gasteiger partial charge in [0.05, 0.1) is 0 Å². The second-order valence-corrected chi connectivity index (χ2v) is 2.53. The Hall–Kier alpha value is 1.56. The SMILES string of the molecule is FC(F)[BH2-]C1CC1.[K+]. The van der Waals surface area contributed by atoms with Crippen LogP contribution in [0.5, 0.6) is 0 Å². The molecule has 8 heavy (non-hydrogen) atoms. The Kier molecular flexibility index (Phi) is 5.24. The molecular formula is C4H8BF2K. The van der Waals surface area contributed by atoms with Crippen LogP contribution in [0.4, 0.5) is 8.78 Å². The molecule has 0 atom stereocenters. The summed E-state index contributed by atoms with van der Waals surface area (Å²) in [5.74, 6) is 0.500. The van der Waals surface area contributed by atoms with Crippen LogP contribution in [0, 0.1) is 0 Å². The third-order valence-electron chi connectivity index (χ3n) is 1.59. The molecule has 1 aliphatic carbocycles. The largest absolute Gasteiger partial charge is 1.00 e. The predicted molar refractivity (Wildman–Crippen MR) is 27.5 cm³/mol. The van der Waals surface area contributed by atoms with Crippen molar-refractivity contribution in [2.75, 3.05) is 0 Å². The molecule has 0 radical (unpaired) electrons. The molecule has 0 heterocycles. The van der Waals surface area contributed by atoms with Crippen LogP contribution in [0.3, 0.4) is 0 Å². The molecule has 0 aromatic carbocycles. The minimum atomic E-state index is -1.94. The number of hydrogen-bond acceptors (Lipinski definition) is 0. The second-order valence-electron chi connectivity index (χ2n) is 2.53. The number of alkyl halides is 2. The van der Waals surface area contributed by atoms with E-state index in [9.17, 15) is 8.78 Å². The Labute approximate surface area is 91.1 Å². The summed E-state index contributed by atoms with van der Waals surface area (Å²) < 4.78 is 22.8. The van der Waals surface area contributed by atoms with Gasteiger partial charge in [-0.25, -0.2) is 0 Å². The first-order valence-electron chi connectivity index (χ1n) is 2.91. The molecule has 1 rings (SSSR count). The monoisotopic (exact) mass is 144 g/mol. The summed E-state index contributed by atoms with van der Waals surface area (Å²) in [5.41, 5.74) is 0. The topological polar surface area (TPSA) is 0 Å². The Morgan fingerprint density at radius 2 is 1.88 bits per heavy atom. The standard InChI is InChI=1S/C4H8BF2.K/c6-4(7)5-3-1-2-3;/h3-4H,1-2,5H2;/q-1;+1. The van der Waals surface area contributed by atoms with Crippen LogP contribution < -0.4 is 51.4 Å². The van der Waals surface area contributed by atoms with Crippen molar-refractivity contribution in [3.63, 3.8) is 0 Å². The van der Waals surface area contributed by atoms with Crippen molar-refractivity contribution >= 4 is 7.28 Å². The van der Waals surface area contributed by atoms with E-state index >= 15 is 0 Å². The normalized spacial score (nSPS) is 18.4. The smallest absolute Gasteiger partial charge is 0.256 e. The summed E-state index contributed by atoms with van der Waals surface area (Å²) in [4.78, 5) is 0. The molecule has 1 aliphatic rings. The average Bonchev–Trinajstić information content (AvgIpc) is 2.17. The Bertz CT molecular complexity index is 65.1. The van der Waals surface area contributed by atoms with Crippen molar-refractivity contribution in [1.29, 1.82) is 0 Å². The van der Waals surface area contributed by atoms with Gasteiger partial charge in [0, 0.05) is 7.28 Å². The molecular weight excluding hydrogens is 136 g/mol. The van der Waals surface area contributed by atoms with E-state index in [2.05, 4.69) is 0 Å². The van der Waals surface area contributed by atoms with Crippen LogP contribution in [-0.2, 0) is 0 Å². The molecule has 0 aliphatic heterocycles. The molecule has 1 fully saturated rings. The maximum absolute atomic E-state index is 11.4. The van der Waals surface area contributed by atoms with Gasteiger partial charge < -0.3 is 0 Å². The van der Waals surface area contributed by atoms with Crippen LogP contribution in [0.1, 0.15) is 12.8 Å². The molecule has 0 aromatic heterocycles. The molecule has 0 amide bonds. The zero-order valence-corrected chi connectivity index (χ0v) is 8.45. The zero-order valence-electron chi connectivity index (χ0n) is 5.32. The van der Waals surface area contributed by atoms with Crippen LogP contribution in [0.25, 0.3) is 0 Å². The van der Waals surface area contributed by atoms with E-state index < -0.39 is 13.6 Å². The van der Waals surface area contributed by atoms with E-state index in [4.69, 9.17) is 0 Å². The molecule has 0 saturated heterocycles. The van der Waals surface area contributed by atoms with Gasteiger partial charge in [0.25, 0.3) is 0 Å². The first-order chi connectivity index (χ1) is 3.29. The number of hydrogen-bond donors (Lipinski definition) is 0. The third-order valence-corrected chi connectivity index (χ3v) is 1.59. The molecule has 0 N–H and O–H groups in total. The molecule has 4 heteroatoms. The van der Waals surface area contributed by atoms with Crippen molar-refractivity contribution in [2.24, 2.45) is 0 Å². The fourth-order valence-electron chi connectivity index (χ4n) is 0.856. The molecule has 42 valence electrons. The van der Waals surface area contributed by atoms with Gasteiger partial charge in [0.15, 0.2) is 0 Å². The summed E-state index contributed by atoms with van der Waals surface area (Å²) >= 11 is 0. The van der Waals surface area contributed by atoms with Crippen molar-refractivity contribution in [3.05, 3.63) is 0 Å². The fraction of sp³-hybridized carbons (Fsp3) is 1.00. The molecule has 0 spiro atoms. The van der Waals surface area contributed by atoms with E-state index in [-0.39, 0.29) is 51.4 Å². The molecule has 0 nitrogen and oxygen atoms in total. The Balaban J connectivity index is 0.000000490. The van der Waals surface area contributed by atoms with Gasteiger partial charge in [0.1, 0.15) is 6.32 Å². The fourth-order valence-corrected chi connectivity index (χ4v) is 0.856. The summed E-state index contributed by atoms with van der Waals surface area (Å²) in [6.45, 7) is 0. The maximum atomic E-state index is 11.4. The van der Waals surface area contributed by atoms with Crippen LogP contribution in [0.15, 0.2) is 0 Å². The first kappa shape index (κ1) is 9.56. The summed E-state index contributed by atoms with van der Waals surface area (Å²) in [7, 11) is -0.833. The van der Waals surface area contributed by atoms with Crippen molar-refractivity contribution in [2.45, 2.75) is 25.0 Å². The van der Waals surface area contributed by atoms with Crippen LogP contribution >= 0.6 is 0 Å². The Morgan fingerprint density at radius 1 is 1.38 bits per heavy atom. The van der Waals surface area contributed by atoms with E-state index in [0.29, 0.717) is 5.82 Å². The van der Waals surface area contributed by atoms with Gasteiger partial charge in [-0.2, -0.15) is 5.82 Å². The number of halogens is 2. The Morgan fingerprint density at radius 3 is 2.00 bits per heavy atom. The van der Waals surface area contributed by atoms with Gasteiger partial charge in [-0.05, 0) is 0 Å². The van der Waals surface area contributed by atoms with Crippen LogP contribution in [-0.4, -0.2) is 13.6 Å². The summed E-state index contributed by atoms with van der Waals surface area (Å²) in [6.07, 6.45) is 0.238. The molecule has 0 aromatic rings. The predicted octanol–water partition coefficient (Wildman–Crippen LogP) is -2.04. The molecule has 0 unspecified atom stereocenters. The van der Waals surface area contributed by atoms with Gasteiger partial charge in [0.2, 0.25) is 0 Å². The average molecular weight is 144 g/mol. The minimum Gasteiger partial charge on any atom is -0.256 e. The molecule has 1 saturated carbocycles. The first-order valence-corrected chi connectivity index (χ1v) is 2.91. The van der Waals surface area contributed by atoms with Gasteiger partial charge in [-0.1, -0.05) is 12.8 Å². The van der Waals surface area contributed by atoms with E-state index in [1.54, 1.807) is 0 Å². The van der Waals surface area contributed by atoms with E-state index in [0.717, 1.165) is 12.8 Å². The summed E-state index contributed by atoms with van der Waals surface area (Å²) in [6, 6.07) is 0. The van der Waals surface area contributed by atoms with Crippen LogP contribution in [0.2, 0.25) is 5.82 Å². The zero-order chi connectivity index (χ0) is 5.28. The quantitative estimate of drug-likeness (QED) is 0.392. The minimum absolute atomic E-state index is 0. The third kappa shape index (κ3) is 4.44. The molecule has 0 bridgehead atoms. The second kappa shape index (κ2) is 4.39. The summed E-state index contributed by atoms with van der Waals surface area (Å²) in [5, 5.41) is 0. The van der Waals surface area contributed by atoms with E-state index in [1.807, 2.05) is 0 Å².